The predicted octanol–water partition coefficient (Wildman–Crippen LogP) is 5.21. The van der Waals surface area contributed by atoms with E-state index in [0.717, 1.165) is 65.5 Å². The van der Waals surface area contributed by atoms with E-state index in [0.29, 0.717) is 5.92 Å². The van der Waals surface area contributed by atoms with Crippen molar-refractivity contribution in [1.29, 1.82) is 0 Å². The molecule has 0 N–H and O–H groups in total. The summed E-state index contributed by atoms with van der Waals surface area (Å²) in [6, 6.07) is 0. The molecule has 1 unspecified atom stereocenters. The molecule has 4 bridgehead atoms. The molecular weight excluding hydrogens is 500 g/mol. The Balaban J connectivity index is 0.000000194. The molecule has 0 amide bonds. The Bertz CT molecular complexity index is 556. The van der Waals surface area contributed by atoms with Gasteiger partial charge in [0, 0.05) is 0 Å². The van der Waals surface area contributed by atoms with Gasteiger partial charge in [-0.05, 0) is 0 Å². The van der Waals surface area contributed by atoms with Crippen LogP contribution in [0.15, 0.2) is 0 Å². The molecule has 0 aromatic rings. The summed E-state index contributed by atoms with van der Waals surface area (Å²) >= 11 is -6.56. The predicted molar refractivity (Wildman–Crippen MR) is 117 cm³/mol. The van der Waals surface area contributed by atoms with Gasteiger partial charge >= 0.3 is 212 Å². The summed E-state index contributed by atoms with van der Waals surface area (Å²) < 4.78 is 46.4. The maximum atomic E-state index is 6.02. The summed E-state index contributed by atoms with van der Waals surface area (Å²) in [7, 11) is 0. The van der Waals surface area contributed by atoms with Gasteiger partial charge in [0.2, 0.25) is 0 Å². The zero-order valence-corrected chi connectivity index (χ0v) is 24.7. The number of unbranched alkanes of at least 4 members (excludes halogenated alkanes) is 1. The van der Waals surface area contributed by atoms with Crippen LogP contribution in [0.3, 0.4) is 0 Å². The molecular formula is C23H46O8Ti2. The number of fused-ring (bicyclic) bond motifs is 6. The SMILES string of the molecule is CCC12C[O][Ti]([O]C(C)C)([O]C1)[O]C2.CCCCC(CC)C[O][Ti]12[O]CC(CC)(C[O]1)C[O]2. The van der Waals surface area contributed by atoms with Gasteiger partial charge in [-0.15, -0.1) is 0 Å². The third-order valence-corrected chi connectivity index (χ3v) is 13.9. The Morgan fingerprint density at radius 1 is 0.727 bits per heavy atom. The molecule has 33 heavy (non-hydrogen) atoms. The van der Waals surface area contributed by atoms with Crippen molar-refractivity contribution in [2.45, 2.75) is 86.2 Å². The van der Waals surface area contributed by atoms with Crippen LogP contribution in [0.5, 0.6) is 0 Å². The average Bonchev–Trinajstić information content (AvgIpc) is 2.86. The van der Waals surface area contributed by atoms with Crippen LogP contribution >= 0.6 is 0 Å². The van der Waals surface area contributed by atoms with Crippen LogP contribution in [0.2, 0.25) is 0 Å². The standard InChI is InChI=1S/C8H17O.2C6H11O3.C3H7O.2Ti/c1-3-5-6-8(4-2)7-9;2*1-2-6(3-7,4-8)5-9;1-3(2)4;;/h8H,3-7H2,1-2H3;2*2-5H2,1H3;3H,1-2H3;;/q-1;2*-3;-1;2*+4. The van der Waals surface area contributed by atoms with Gasteiger partial charge in [0.25, 0.3) is 0 Å². The fourth-order valence-electron chi connectivity index (χ4n) is 4.20. The Morgan fingerprint density at radius 2 is 1.18 bits per heavy atom. The van der Waals surface area contributed by atoms with E-state index in [4.69, 9.17) is 26.5 Å². The minimum absolute atomic E-state index is 0.0860. The third kappa shape index (κ3) is 7.33. The van der Waals surface area contributed by atoms with Crippen molar-refractivity contribution in [1.82, 2.24) is 0 Å². The van der Waals surface area contributed by atoms with Gasteiger partial charge in [0.1, 0.15) is 0 Å². The molecule has 6 aliphatic heterocycles. The van der Waals surface area contributed by atoms with Crippen LogP contribution in [0, 0.1) is 16.7 Å². The molecule has 0 aromatic carbocycles. The second-order valence-corrected chi connectivity index (χ2v) is 17.0. The topological polar surface area (TPSA) is 73.8 Å². The Labute approximate surface area is 211 Å². The summed E-state index contributed by atoms with van der Waals surface area (Å²) in [5.41, 5.74) is 0.177. The van der Waals surface area contributed by atoms with E-state index in [1.807, 2.05) is 13.8 Å². The van der Waals surface area contributed by atoms with Gasteiger partial charge in [0.05, 0.1) is 0 Å². The number of rotatable bonds is 11. The van der Waals surface area contributed by atoms with Crippen LogP contribution in [-0.4, -0.2) is 52.4 Å². The van der Waals surface area contributed by atoms with Crippen molar-refractivity contribution in [2.24, 2.45) is 16.7 Å². The van der Waals surface area contributed by atoms with Crippen LogP contribution < -0.4 is 0 Å². The van der Waals surface area contributed by atoms with Crippen LogP contribution in [0.1, 0.15) is 80.1 Å². The van der Waals surface area contributed by atoms with E-state index >= 15 is 0 Å². The van der Waals surface area contributed by atoms with E-state index in [2.05, 4.69) is 27.7 Å². The number of hydrogen-bond donors (Lipinski definition) is 0. The molecule has 6 saturated heterocycles. The summed E-state index contributed by atoms with van der Waals surface area (Å²) in [4.78, 5) is 0. The Hall–Kier alpha value is 1.11. The third-order valence-electron chi connectivity index (χ3n) is 7.25. The molecule has 0 aromatic heterocycles. The van der Waals surface area contributed by atoms with Gasteiger partial charge in [-0.2, -0.15) is 0 Å². The van der Waals surface area contributed by atoms with Crippen molar-refractivity contribution in [2.75, 3.05) is 46.2 Å². The van der Waals surface area contributed by atoms with Gasteiger partial charge in [-0.1, -0.05) is 0 Å². The summed E-state index contributed by atoms with van der Waals surface area (Å²) in [6.07, 6.45) is 7.07. The van der Waals surface area contributed by atoms with Crippen molar-refractivity contribution >= 4 is 0 Å². The van der Waals surface area contributed by atoms with Crippen LogP contribution in [0.25, 0.3) is 0 Å². The second-order valence-electron chi connectivity index (χ2n) is 10.3. The molecule has 1 atom stereocenters. The molecule has 194 valence electrons. The molecule has 8 nitrogen and oxygen atoms in total. The summed E-state index contributed by atoms with van der Waals surface area (Å²) in [5.74, 6) is 0.607. The molecule has 10 heteroatoms. The molecule has 0 aliphatic carbocycles. The summed E-state index contributed by atoms with van der Waals surface area (Å²) in [5, 5.41) is 0. The molecule has 6 fully saturated rings. The Morgan fingerprint density at radius 3 is 1.55 bits per heavy atom. The van der Waals surface area contributed by atoms with E-state index in [9.17, 15) is 0 Å². The van der Waals surface area contributed by atoms with Gasteiger partial charge in [-0.3, -0.25) is 0 Å². The van der Waals surface area contributed by atoms with Gasteiger partial charge in [-0.25, -0.2) is 0 Å². The van der Waals surface area contributed by atoms with Crippen molar-refractivity contribution in [3.63, 3.8) is 0 Å². The first-order valence-corrected chi connectivity index (χ1v) is 18.0. The van der Waals surface area contributed by atoms with Crippen molar-refractivity contribution in [3.8, 4) is 0 Å². The zero-order chi connectivity index (χ0) is 24.0. The fraction of sp³-hybridized carbons (Fsp3) is 1.00. The quantitative estimate of drug-likeness (QED) is 0.328. The van der Waals surface area contributed by atoms with Crippen molar-refractivity contribution in [3.05, 3.63) is 0 Å². The first-order valence-electron chi connectivity index (χ1n) is 12.9. The first-order chi connectivity index (χ1) is 15.8. The minimum atomic E-state index is -3.32. The van der Waals surface area contributed by atoms with E-state index in [1.54, 1.807) is 0 Å². The molecule has 0 saturated carbocycles. The normalized spacial score (nSPS) is 38.3. The van der Waals surface area contributed by atoms with E-state index in [1.165, 1.54) is 19.3 Å². The van der Waals surface area contributed by atoms with E-state index in [-0.39, 0.29) is 16.9 Å². The summed E-state index contributed by atoms with van der Waals surface area (Å²) in [6.45, 7) is 18.0. The van der Waals surface area contributed by atoms with Crippen LogP contribution in [0.4, 0.5) is 0 Å². The Kier molecular flexibility index (Phi) is 10.9. The molecule has 6 aliphatic rings. The molecule has 0 spiro atoms. The van der Waals surface area contributed by atoms with Gasteiger partial charge < -0.3 is 0 Å². The molecule has 0 radical (unpaired) electrons. The average molecular weight is 546 g/mol. The number of hydrogen-bond acceptors (Lipinski definition) is 8. The monoisotopic (exact) mass is 546 g/mol. The van der Waals surface area contributed by atoms with E-state index < -0.39 is 36.3 Å². The second kappa shape index (κ2) is 12.6. The van der Waals surface area contributed by atoms with Gasteiger partial charge in [0.15, 0.2) is 0 Å². The maximum absolute atomic E-state index is 6.02. The first kappa shape index (κ1) is 28.7. The molecule has 6 heterocycles. The zero-order valence-electron chi connectivity index (χ0n) is 21.6. The van der Waals surface area contributed by atoms with Crippen molar-refractivity contribution < 1.29 is 62.8 Å². The fourth-order valence-corrected chi connectivity index (χ4v) is 11.8. The molecule has 6 rings (SSSR count). The van der Waals surface area contributed by atoms with Crippen LogP contribution in [-0.2, 0) is 62.8 Å².